The molecule has 1 aliphatic rings. The van der Waals surface area contributed by atoms with Gasteiger partial charge in [0.15, 0.2) is 0 Å². The molecule has 3 N–H and O–H groups in total. The van der Waals surface area contributed by atoms with Crippen LogP contribution in [0.4, 0.5) is 14.5 Å². The fourth-order valence-corrected chi connectivity index (χ4v) is 4.05. The highest BCUT2D eigenvalue weighted by atomic mass is 19.1. The van der Waals surface area contributed by atoms with Crippen LogP contribution in [-0.4, -0.2) is 29.5 Å². The predicted octanol–water partition coefficient (Wildman–Crippen LogP) is 3.82. The van der Waals surface area contributed by atoms with Gasteiger partial charge in [-0.3, -0.25) is 15.0 Å². The van der Waals surface area contributed by atoms with Crippen LogP contribution >= 0.6 is 0 Å². The zero-order valence-electron chi connectivity index (χ0n) is 18.8. The summed E-state index contributed by atoms with van der Waals surface area (Å²) in [4.78, 5) is 26.3. The number of amides is 2. The van der Waals surface area contributed by atoms with Gasteiger partial charge in [0.05, 0.1) is 23.8 Å². The molecular formula is C26H25F2N3O3. The third-order valence-corrected chi connectivity index (χ3v) is 5.96. The number of fused-ring (bicyclic) bond motifs is 3. The summed E-state index contributed by atoms with van der Waals surface area (Å²) in [6, 6.07) is 16.9. The fourth-order valence-electron chi connectivity index (χ4n) is 4.05. The number of anilines is 1. The number of benzene rings is 3. The lowest BCUT2D eigenvalue weighted by Gasteiger charge is -2.27. The van der Waals surface area contributed by atoms with Gasteiger partial charge in [0.25, 0.3) is 11.8 Å². The van der Waals surface area contributed by atoms with Crippen molar-refractivity contribution in [3.05, 3.63) is 89.5 Å². The summed E-state index contributed by atoms with van der Waals surface area (Å²) >= 11 is 0. The number of halogens is 2. The van der Waals surface area contributed by atoms with Crippen molar-refractivity contribution in [2.45, 2.75) is 31.9 Å². The molecule has 6 nitrogen and oxygen atoms in total. The molecule has 0 aliphatic carbocycles. The van der Waals surface area contributed by atoms with E-state index in [1.807, 2.05) is 36.4 Å². The van der Waals surface area contributed by atoms with Crippen molar-refractivity contribution in [1.29, 1.82) is 0 Å². The number of hydrazine groups is 1. The number of carbonyl (C=O) groups is 2. The number of aliphatic hydroxyl groups excluding tert-OH is 1. The average molecular weight is 466 g/mol. The minimum atomic E-state index is -1.23. The van der Waals surface area contributed by atoms with E-state index >= 15 is 0 Å². The first kappa shape index (κ1) is 23.5. The Bertz CT molecular complexity index is 1210. The Morgan fingerprint density at radius 2 is 1.65 bits per heavy atom. The van der Waals surface area contributed by atoms with Gasteiger partial charge in [-0.2, -0.15) is 0 Å². The van der Waals surface area contributed by atoms with Crippen molar-refractivity contribution in [3.8, 4) is 11.1 Å². The van der Waals surface area contributed by atoms with E-state index in [1.54, 1.807) is 26.0 Å². The van der Waals surface area contributed by atoms with Gasteiger partial charge < -0.3 is 10.4 Å². The first-order chi connectivity index (χ1) is 16.3. The highest BCUT2D eigenvalue weighted by Crippen LogP contribution is 2.39. The molecule has 0 bridgehead atoms. The van der Waals surface area contributed by atoms with Crippen molar-refractivity contribution >= 4 is 17.5 Å². The van der Waals surface area contributed by atoms with E-state index in [1.165, 1.54) is 5.01 Å². The number of rotatable bonds is 6. The molecule has 0 fully saturated rings. The summed E-state index contributed by atoms with van der Waals surface area (Å²) in [5, 5.41) is 14.4. The quantitative estimate of drug-likeness (QED) is 0.517. The second-order valence-electron chi connectivity index (χ2n) is 8.32. The van der Waals surface area contributed by atoms with Crippen molar-refractivity contribution in [2.24, 2.45) is 0 Å². The molecule has 0 saturated heterocycles. The smallest absolute Gasteiger partial charge is 0.255 e. The van der Waals surface area contributed by atoms with Gasteiger partial charge in [-0.05, 0) is 48.7 Å². The van der Waals surface area contributed by atoms with Crippen LogP contribution in [0.15, 0.2) is 66.7 Å². The summed E-state index contributed by atoms with van der Waals surface area (Å²) in [6.45, 7) is 3.24. The minimum absolute atomic E-state index is 0.0563. The highest BCUT2D eigenvalue weighted by molar-refractivity contribution is 6.06. The van der Waals surface area contributed by atoms with Crippen molar-refractivity contribution in [2.75, 3.05) is 11.6 Å². The summed E-state index contributed by atoms with van der Waals surface area (Å²) in [6.07, 6.45) is -1.23. The van der Waals surface area contributed by atoms with E-state index in [0.29, 0.717) is 5.69 Å². The van der Waals surface area contributed by atoms with E-state index in [4.69, 9.17) is 0 Å². The maximum atomic E-state index is 13.4. The van der Waals surface area contributed by atoms with E-state index in [9.17, 15) is 23.5 Å². The normalized spacial score (nSPS) is 16.8. The van der Waals surface area contributed by atoms with Gasteiger partial charge >= 0.3 is 0 Å². The molecule has 0 radical (unpaired) electrons. The van der Waals surface area contributed by atoms with E-state index in [-0.39, 0.29) is 18.0 Å². The molecule has 3 atom stereocenters. The summed E-state index contributed by atoms with van der Waals surface area (Å²) in [7, 11) is 0. The molecule has 4 rings (SSSR count). The van der Waals surface area contributed by atoms with Crippen LogP contribution in [0.3, 0.4) is 0 Å². The third kappa shape index (κ3) is 4.69. The molecule has 1 heterocycles. The lowest BCUT2D eigenvalue weighted by molar-refractivity contribution is -0.127. The summed E-state index contributed by atoms with van der Waals surface area (Å²) in [5.74, 6) is -2.87. The Hall–Kier alpha value is -3.62. The molecule has 2 amide bonds. The molecule has 0 saturated carbocycles. The van der Waals surface area contributed by atoms with Crippen LogP contribution in [0, 0.1) is 11.6 Å². The first-order valence-electron chi connectivity index (χ1n) is 11.0. The molecule has 34 heavy (non-hydrogen) atoms. The van der Waals surface area contributed by atoms with Gasteiger partial charge in [0, 0.05) is 18.2 Å². The van der Waals surface area contributed by atoms with Crippen molar-refractivity contribution in [3.63, 3.8) is 0 Å². The predicted molar refractivity (Wildman–Crippen MR) is 125 cm³/mol. The number of hydrogen-bond donors (Lipinski definition) is 3. The zero-order valence-corrected chi connectivity index (χ0v) is 18.8. The molecular weight excluding hydrogens is 440 g/mol. The number of para-hydroxylation sites is 1. The van der Waals surface area contributed by atoms with Crippen LogP contribution in [0.1, 0.15) is 37.0 Å². The second-order valence-corrected chi connectivity index (χ2v) is 8.32. The SMILES string of the molecule is CC1C(=O)N(NC(=O)[C@H](C)NC[C@H](O)c2cc(F)cc(F)c2)c2ccccc2-c2ccccc21. The second kappa shape index (κ2) is 9.70. The first-order valence-corrected chi connectivity index (χ1v) is 11.0. The van der Waals surface area contributed by atoms with Crippen LogP contribution in [0.5, 0.6) is 0 Å². The Morgan fingerprint density at radius 3 is 2.35 bits per heavy atom. The standard InChI is InChI=1S/C26H25F2N3O3/c1-15-20-7-3-4-8-21(20)22-9-5-6-10-23(22)31(26(15)34)30-25(33)16(2)29-14-24(32)17-11-18(27)13-19(28)12-17/h3-13,15-16,24,29,32H,14H2,1-2H3,(H,30,33)/t15?,16-,24-/m0/s1. The zero-order chi connectivity index (χ0) is 24.4. The van der Waals surface area contributed by atoms with Gasteiger partial charge in [0.2, 0.25) is 0 Å². The maximum absolute atomic E-state index is 13.4. The van der Waals surface area contributed by atoms with Crippen LogP contribution in [-0.2, 0) is 9.59 Å². The average Bonchev–Trinajstić information content (AvgIpc) is 2.91. The van der Waals surface area contributed by atoms with Gasteiger partial charge in [-0.25, -0.2) is 13.8 Å². The molecule has 3 aromatic carbocycles. The van der Waals surface area contributed by atoms with Crippen LogP contribution in [0.25, 0.3) is 11.1 Å². The summed E-state index contributed by atoms with van der Waals surface area (Å²) in [5.41, 5.74) is 5.92. The molecule has 3 aromatic rings. The number of carbonyl (C=O) groups excluding carboxylic acids is 2. The van der Waals surface area contributed by atoms with Crippen LogP contribution in [0.2, 0.25) is 0 Å². The number of hydrogen-bond acceptors (Lipinski definition) is 4. The largest absolute Gasteiger partial charge is 0.387 e. The molecule has 8 heteroatoms. The Kier molecular flexibility index (Phi) is 6.72. The lowest BCUT2D eigenvalue weighted by Crippen LogP contribution is -2.53. The molecule has 0 spiro atoms. The fraction of sp³-hybridized carbons (Fsp3) is 0.231. The van der Waals surface area contributed by atoms with Gasteiger partial charge in [-0.15, -0.1) is 0 Å². The van der Waals surface area contributed by atoms with E-state index in [0.717, 1.165) is 34.9 Å². The minimum Gasteiger partial charge on any atom is -0.387 e. The van der Waals surface area contributed by atoms with Crippen LogP contribution < -0.4 is 15.8 Å². The van der Waals surface area contributed by atoms with Crippen molar-refractivity contribution < 1.29 is 23.5 Å². The third-order valence-electron chi connectivity index (χ3n) is 5.96. The lowest BCUT2D eigenvalue weighted by atomic mass is 9.92. The molecule has 1 unspecified atom stereocenters. The number of nitrogens with one attached hydrogen (secondary N) is 2. The Labute approximate surface area is 196 Å². The van der Waals surface area contributed by atoms with E-state index in [2.05, 4.69) is 10.7 Å². The number of aliphatic hydroxyl groups is 1. The Morgan fingerprint density at radius 1 is 1.03 bits per heavy atom. The van der Waals surface area contributed by atoms with Crippen molar-refractivity contribution in [1.82, 2.24) is 10.7 Å². The molecule has 0 aromatic heterocycles. The highest BCUT2D eigenvalue weighted by Gasteiger charge is 2.33. The molecule has 176 valence electrons. The molecule has 1 aliphatic heterocycles. The monoisotopic (exact) mass is 465 g/mol. The Balaban J connectivity index is 1.50. The van der Waals surface area contributed by atoms with Gasteiger partial charge in [-0.1, -0.05) is 42.5 Å². The number of nitrogens with zero attached hydrogens (tertiary/aromatic N) is 1. The topological polar surface area (TPSA) is 81.7 Å². The summed E-state index contributed by atoms with van der Waals surface area (Å²) < 4.78 is 26.8. The maximum Gasteiger partial charge on any atom is 0.255 e. The van der Waals surface area contributed by atoms with Gasteiger partial charge in [0.1, 0.15) is 11.6 Å². The van der Waals surface area contributed by atoms with E-state index < -0.39 is 35.6 Å².